The Balaban J connectivity index is 1.52. The van der Waals surface area contributed by atoms with Crippen LogP contribution in [0.2, 0.25) is 0 Å². The number of aryl methyl sites for hydroxylation is 2. The molecule has 0 heterocycles. The molecule has 166 valence electrons. The molecule has 0 fully saturated rings. The highest BCUT2D eigenvalue weighted by Crippen LogP contribution is 2.55. The van der Waals surface area contributed by atoms with E-state index in [-0.39, 0.29) is 0 Å². The van der Waals surface area contributed by atoms with Crippen molar-refractivity contribution in [2.45, 2.75) is 39.5 Å². The average molecular weight is 439 g/mol. The van der Waals surface area contributed by atoms with Gasteiger partial charge in [-0.15, -0.1) is 0 Å². The Hall–Kier alpha value is -3.64. The molecule has 2 atom stereocenters. The fourth-order valence-electron chi connectivity index (χ4n) is 6.33. The van der Waals surface area contributed by atoms with Crippen LogP contribution in [0.1, 0.15) is 59.1 Å². The molecule has 0 aromatic heterocycles. The zero-order valence-corrected chi connectivity index (χ0v) is 20.4. The topological polar surface area (TPSA) is 0 Å². The van der Waals surface area contributed by atoms with Crippen molar-refractivity contribution in [3.8, 4) is 22.3 Å². The fraction of sp³-hybridized carbons (Fsp3) is 0.176. The molecule has 0 amide bonds. The molecule has 0 nitrogen and oxygen atoms in total. The minimum absolute atomic E-state index is 0.377. The van der Waals surface area contributed by atoms with E-state index in [9.17, 15) is 0 Å². The van der Waals surface area contributed by atoms with Crippen LogP contribution < -0.4 is 0 Å². The zero-order chi connectivity index (χ0) is 23.4. The van der Waals surface area contributed by atoms with E-state index in [0.717, 1.165) is 0 Å². The van der Waals surface area contributed by atoms with Crippen LogP contribution in [-0.2, 0) is 0 Å². The molecular weight excluding hydrogens is 408 g/mol. The Kier molecular flexibility index (Phi) is 4.92. The van der Waals surface area contributed by atoms with Gasteiger partial charge in [-0.05, 0) is 83.3 Å². The predicted molar refractivity (Wildman–Crippen MR) is 146 cm³/mol. The molecule has 2 unspecified atom stereocenters. The summed E-state index contributed by atoms with van der Waals surface area (Å²) >= 11 is 0. The van der Waals surface area contributed by atoms with Gasteiger partial charge in [-0.2, -0.15) is 0 Å². The monoisotopic (exact) mass is 438 g/mol. The summed E-state index contributed by atoms with van der Waals surface area (Å²) in [4.78, 5) is 0. The van der Waals surface area contributed by atoms with E-state index in [0.29, 0.717) is 11.8 Å². The van der Waals surface area contributed by atoms with E-state index in [1.807, 2.05) is 0 Å². The maximum absolute atomic E-state index is 2.45. The molecule has 0 N–H and O–H groups in total. The first-order chi connectivity index (χ1) is 16.5. The molecule has 2 aliphatic rings. The maximum atomic E-state index is 2.45. The number of allylic oxidation sites excluding steroid dienone is 2. The minimum atomic E-state index is 0.377. The third kappa shape index (κ3) is 3.13. The van der Waals surface area contributed by atoms with Crippen molar-refractivity contribution in [2.24, 2.45) is 0 Å². The molecule has 4 aromatic carbocycles. The second-order valence-electron chi connectivity index (χ2n) is 9.98. The highest BCUT2D eigenvalue weighted by atomic mass is 14.4. The highest BCUT2D eigenvalue weighted by Gasteiger charge is 2.37. The summed E-state index contributed by atoms with van der Waals surface area (Å²) in [6.07, 6.45) is 4.90. The molecule has 0 saturated carbocycles. The number of fused-ring (bicyclic) bond motifs is 2. The van der Waals surface area contributed by atoms with Crippen molar-refractivity contribution in [3.05, 3.63) is 129 Å². The molecule has 0 saturated heterocycles. The molecule has 4 aromatic rings. The predicted octanol–water partition coefficient (Wildman–Crippen LogP) is 9.34. The van der Waals surface area contributed by atoms with Crippen LogP contribution in [0.5, 0.6) is 0 Å². The van der Waals surface area contributed by atoms with Gasteiger partial charge in [0.15, 0.2) is 0 Å². The Morgan fingerprint density at radius 2 is 0.824 bits per heavy atom. The quantitative estimate of drug-likeness (QED) is 0.299. The van der Waals surface area contributed by atoms with Gasteiger partial charge in [0.1, 0.15) is 0 Å². The molecule has 0 radical (unpaired) electrons. The molecule has 0 spiro atoms. The van der Waals surface area contributed by atoms with Crippen molar-refractivity contribution in [1.29, 1.82) is 0 Å². The van der Waals surface area contributed by atoms with Crippen LogP contribution in [0.15, 0.2) is 96.1 Å². The van der Waals surface area contributed by atoms with Crippen molar-refractivity contribution >= 4 is 12.2 Å². The Labute approximate surface area is 203 Å². The normalized spacial score (nSPS) is 18.4. The van der Waals surface area contributed by atoms with Gasteiger partial charge in [-0.3, -0.25) is 0 Å². The third-order valence-electron chi connectivity index (χ3n) is 7.83. The van der Waals surface area contributed by atoms with Crippen LogP contribution in [0.3, 0.4) is 0 Å². The SMILES string of the molecule is CC1=Cc2c(ccc(C)c2-c2ccccc2)C1C1C(C)=Cc2c1ccc(C)c2-c1ccccc1. The summed E-state index contributed by atoms with van der Waals surface area (Å²) in [6.45, 7) is 9.13. The van der Waals surface area contributed by atoms with E-state index in [4.69, 9.17) is 0 Å². The summed E-state index contributed by atoms with van der Waals surface area (Å²) in [5, 5.41) is 0. The Morgan fingerprint density at radius 3 is 1.21 bits per heavy atom. The van der Waals surface area contributed by atoms with Gasteiger partial charge in [-0.25, -0.2) is 0 Å². The highest BCUT2D eigenvalue weighted by molar-refractivity contribution is 5.87. The van der Waals surface area contributed by atoms with Gasteiger partial charge < -0.3 is 0 Å². The lowest BCUT2D eigenvalue weighted by Crippen LogP contribution is -2.11. The molecular formula is C34H30. The summed E-state index contributed by atoms with van der Waals surface area (Å²) < 4.78 is 0. The van der Waals surface area contributed by atoms with E-state index in [1.54, 1.807) is 0 Å². The number of benzene rings is 4. The first kappa shape index (κ1) is 20.9. The first-order valence-corrected chi connectivity index (χ1v) is 12.3. The van der Waals surface area contributed by atoms with Gasteiger partial charge in [0, 0.05) is 11.8 Å². The van der Waals surface area contributed by atoms with E-state index >= 15 is 0 Å². The lowest BCUT2D eigenvalue weighted by molar-refractivity contribution is 0.692. The molecule has 0 bridgehead atoms. The maximum Gasteiger partial charge on any atom is 0.0161 e. The molecule has 0 aliphatic heterocycles. The lowest BCUT2D eigenvalue weighted by atomic mass is 9.76. The number of hydrogen-bond donors (Lipinski definition) is 0. The fourth-order valence-corrected chi connectivity index (χ4v) is 6.33. The van der Waals surface area contributed by atoms with Crippen LogP contribution in [0.4, 0.5) is 0 Å². The van der Waals surface area contributed by atoms with Crippen LogP contribution in [0.25, 0.3) is 34.4 Å². The van der Waals surface area contributed by atoms with Crippen molar-refractivity contribution in [3.63, 3.8) is 0 Å². The van der Waals surface area contributed by atoms with Crippen molar-refractivity contribution < 1.29 is 0 Å². The minimum Gasteiger partial charge on any atom is -0.0642 e. The first-order valence-electron chi connectivity index (χ1n) is 12.3. The summed E-state index contributed by atoms with van der Waals surface area (Å²) in [5.41, 5.74) is 16.7. The standard InChI is InChI=1S/C34H30/c1-21-15-17-27-29(31(21)25-11-7-5-8-12-25)19-23(3)33(27)34-24(4)20-30-28(34)18-16-22(2)32(30)26-13-9-6-10-14-26/h5-20,33-34H,1-4H3. The smallest absolute Gasteiger partial charge is 0.0161 e. The lowest BCUT2D eigenvalue weighted by Gasteiger charge is -2.26. The third-order valence-corrected chi connectivity index (χ3v) is 7.83. The molecule has 0 heteroatoms. The number of hydrogen-bond acceptors (Lipinski definition) is 0. The molecule has 6 rings (SSSR count). The van der Waals surface area contributed by atoms with Gasteiger partial charge in [0.2, 0.25) is 0 Å². The summed E-state index contributed by atoms with van der Waals surface area (Å²) in [6, 6.07) is 31.1. The van der Waals surface area contributed by atoms with Crippen LogP contribution >= 0.6 is 0 Å². The second-order valence-corrected chi connectivity index (χ2v) is 9.98. The van der Waals surface area contributed by atoms with E-state index in [1.165, 1.54) is 66.8 Å². The van der Waals surface area contributed by atoms with Crippen molar-refractivity contribution in [1.82, 2.24) is 0 Å². The van der Waals surface area contributed by atoms with Gasteiger partial charge in [0.25, 0.3) is 0 Å². The van der Waals surface area contributed by atoms with Crippen LogP contribution in [0, 0.1) is 13.8 Å². The largest absolute Gasteiger partial charge is 0.0642 e. The zero-order valence-electron chi connectivity index (χ0n) is 20.4. The van der Waals surface area contributed by atoms with Crippen LogP contribution in [-0.4, -0.2) is 0 Å². The second kappa shape index (κ2) is 7.99. The molecule has 34 heavy (non-hydrogen) atoms. The Bertz CT molecular complexity index is 1350. The number of rotatable bonds is 3. The van der Waals surface area contributed by atoms with Gasteiger partial charge >= 0.3 is 0 Å². The summed E-state index contributed by atoms with van der Waals surface area (Å²) in [5.74, 6) is 0.754. The summed E-state index contributed by atoms with van der Waals surface area (Å²) in [7, 11) is 0. The van der Waals surface area contributed by atoms with E-state index in [2.05, 4.69) is 125 Å². The van der Waals surface area contributed by atoms with E-state index < -0.39 is 0 Å². The van der Waals surface area contributed by atoms with Gasteiger partial charge in [-0.1, -0.05) is 108 Å². The Morgan fingerprint density at radius 1 is 0.441 bits per heavy atom. The average Bonchev–Trinajstić information content (AvgIpc) is 3.34. The molecule has 2 aliphatic carbocycles. The van der Waals surface area contributed by atoms with Crippen molar-refractivity contribution in [2.75, 3.05) is 0 Å². The van der Waals surface area contributed by atoms with Gasteiger partial charge in [0.05, 0.1) is 0 Å².